The van der Waals surface area contributed by atoms with Crippen molar-refractivity contribution >= 4 is 33.3 Å². The second kappa shape index (κ2) is 5.63. The third-order valence-corrected chi connectivity index (χ3v) is 4.54. The molecular formula is C15H17NO3S. The SMILES string of the molecule is Cc1c(C(=O)N[C@H](C(=O)O)C(C)C)sc2ccccc12. The first-order valence-corrected chi connectivity index (χ1v) is 7.25. The van der Waals surface area contributed by atoms with E-state index in [-0.39, 0.29) is 11.8 Å². The lowest BCUT2D eigenvalue weighted by atomic mass is 10.0. The van der Waals surface area contributed by atoms with Crippen LogP contribution in [0.4, 0.5) is 0 Å². The fourth-order valence-corrected chi connectivity index (χ4v) is 3.22. The Bertz CT molecular complexity index is 660. The number of fused-ring (bicyclic) bond motifs is 1. The number of hydrogen-bond acceptors (Lipinski definition) is 3. The standard InChI is InChI=1S/C15H17NO3S/c1-8(2)12(15(18)19)16-14(17)13-9(3)10-6-4-5-7-11(10)20-13/h4-8,12H,1-3H3,(H,16,17)(H,18,19)/t12-/m0/s1. The number of carboxylic acids is 1. The van der Waals surface area contributed by atoms with Crippen LogP contribution in [0.3, 0.4) is 0 Å². The minimum Gasteiger partial charge on any atom is -0.480 e. The zero-order valence-electron chi connectivity index (χ0n) is 11.6. The number of aliphatic carboxylic acids is 1. The second-order valence-electron chi connectivity index (χ2n) is 5.09. The first kappa shape index (κ1) is 14.5. The van der Waals surface area contributed by atoms with E-state index in [0.717, 1.165) is 15.6 Å². The minimum absolute atomic E-state index is 0.161. The van der Waals surface area contributed by atoms with Gasteiger partial charge in [-0.3, -0.25) is 4.79 Å². The van der Waals surface area contributed by atoms with E-state index in [0.29, 0.717) is 4.88 Å². The Morgan fingerprint density at radius 1 is 1.25 bits per heavy atom. The second-order valence-corrected chi connectivity index (χ2v) is 6.14. The molecule has 0 spiro atoms. The fourth-order valence-electron chi connectivity index (χ4n) is 2.11. The monoisotopic (exact) mass is 291 g/mol. The maximum Gasteiger partial charge on any atom is 0.326 e. The molecule has 0 aliphatic carbocycles. The summed E-state index contributed by atoms with van der Waals surface area (Å²) in [5.74, 6) is -1.48. The Kier molecular flexibility index (Phi) is 4.09. The predicted octanol–water partition coefficient (Wildman–Crippen LogP) is 3.05. The first-order chi connectivity index (χ1) is 9.41. The van der Waals surface area contributed by atoms with Crippen LogP contribution in [-0.2, 0) is 4.79 Å². The lowest BCUT2D eigenvalue weighted by molar-refractivity contribution is -0.140. The van der Waals surface area contributed by atoms with E-state index < -0.39 is 12.0 Å². The molecular weight excluding hydrogens is 274 g/mol. The number of amides is 1. The number of benzene rings is 1. The number of thiophene rings is 1. The van der Waals surface area contributed by atoms with Crippen molar-refractivity contribution in [2.24, 2.45) is 5.92 Å². The van der Waals surface area contributed by atoms with Crippen molar-refractivity contribution in [3.63, 3.8) is 0 Å². The topological polar surface area (TPSA) is 66.4 Å². The maximum atomic E-state index is 12.3. The summed E-state index contributed by atoms with van der Waals surface area (Å²) in [6.07, 6.45) is 0. The number of hydrogen-bond donors (Lipinski definition) is 2. The molecule has 1 aromatic carbocycles. The zero-order valence-corrected chi connectivity index (χ0v) is 12.5. The highest BCUT2D eigenvalue weighted by atomic mass is 32.1. The molecule has 2 N–H and O–H groups in total. The van der Waals surface area contributed by atoms with Gasteiger partial charge in [-0.2, -0.15) is 0 Å². The molecule has 1 aromatic heterocycles. The predicted molar refractivity (Wildman–Crippen MR) is 80.3 cm³/mol. The highest BCUT2D eigenvalue weighted by molar-refractivity contribution is 7.21. The summed E-state index contributed by atoms with van der Waals surface area (Å²) < 4.78 is 1.03. The minimum atomic E-state index is -1.01. The summed E-state index contributed by atoms with van der Waals surface area (Å²) in [6, 6.07) is 6.91. The molecule has 2 rings (SSSR count). The van der Waals surface area contributed by atoms with Crippen molar-refractivity contribution in [2.75, 3.05) is 0 Å². The van der Waals surface area contributed by atoms with Crippen molar-refractivity contribution in [3.8, 4) is 0 Å². The quantitative estimate of drug-likeness (QED) is 0.910. The van der Waals surface area contributed by atoms with Crippen LogP contribution in [0.25, 0.3) is 10.1 Å². The van der Waals surface area contributed by atoms with Gasteiger partial charge in [-0.1, -0.05) is 32.0 Å². The van der Waals surface area contributed by atoms with Crippen LogP contribution < -0.4 is 5.32 Å². The Morgan fingerprint density at radius 3 is 2.45 bits per heavy atom. The summed E-state index contributed by atoms with van der Waals surface area (Å²) in [4.78, 5) is 24.0. The van der Waals surface area contributed by atoms with Gasteiger partial charge in [0.1, 0.15) is 6.04 Å². The van der Waals surface area contributed by atoms with Gasteiger partial charge in [-0.25, -0.2) is 4.79 Å². The van der Waals surface area contributed by atoms with Gasteiger partial charge in [0.25, 0.3) is 5.91 Å². The van der Waals surface area contributed by atoms with Crippen molar-refractivity contribution in [3.05, 3.63) is 34.7 Å². The van der Waals surface area contributed by atoms with Crippen molar-refractivity contribution in [1.82, 2.24) is 5.32 Å². The van der Waals surface area contributed by atoms with Gasteiger partial charge in [0, 0.05) is 4.70 Å². The van der Waals surface area contributed by atoms with Gasteiger partial charge in [-0.05, 0) is 29.9 Å². The molecule has 0 aliphatic rings. The number of carbonyl (C=O) groups excluding carboxylic acids is 1. The molecule has 1 atom stereocenters. The summed E-state index contributed by atoms with van der Waals surface area (Å²) in [5.41, 5.74) is 0.899. The average molecular weight is 291 g/mol. The van der Waals surface area contributed by atoms with Gasteiger partial charge >= 0.3 is 5.97 Å². The molecule has 0 fully saturated rings. The van der Waals surface area contributed by atoms with Crippen molar-refractivity contribution in [2.45, 2.75) is 26.8 Å². The van der Waals surface area contributed by atoms with Crippen LogP contribution in [0.1, 0.15) is 29.1 Å². The normalized spacial score (nSPS) is 12.6. The zero-order chi connectivity index (χ0) is 14.9. The van der Waals surface area contributed by atoms with Crippen LogP contribution in [0.15, 0.2) is 24.3 Å². The third-order valence-electron chi connectivity index (χ3n) is 3.27. The summed E-state index contributed by atoms with van der Waals surface area (Å²) in [7, 11) is 0. The van der Waals surface area contributed by atoms with Crippen LogP contribution in [-0.4, -0.2) is 23.0 Å². The van der Waals surface area contributed by atoms with E-state index in [1.165, 1.54) is 11.3 Å². The Hall–Kier alpha value is -1.88. The number of rotatable bonds is 4. The number of carboxylic acid groups (broad SMARTS) is 1. The molecule has 1 heterocycles. The Morgan fingerprint density at radius 2 is 1.90 bits per heavy atom. The maximum absolute atomic E-state index is 12.3. The number of nitrogens with one attached hydrogen (secondary N) is 1. The third kappa shape index (κ3) is 2.67. The van der Waals surface area contributed by atoms with E-state index in [4.69, 9.17) is 5.11 Å². The molecule has 0 bridgehead atoms. The average Bonchev–Trinajstić information content (AvgIpc) is 2.73. The van der Waals surface area contributed by atoms with Crippen LogP contribution in [0, 0.1) is 12.8 Å². The van der Waals surface area contributed by atoms with Gasteiger partial charge in [0.15, 0.2) is 0 Å². The molecule has 1 amide bonds. The lowest BCUT2D eigenvalue weighted by Gasteiger charge is -2.17. The molecule has 0 aliphatic heterocycles. The lowest BCUT2D eigenvalue weighted by Crippen LogP contribution is -2.44. The molecule has 106 valence electrons. The molecule has 0 saturated carbocycles. The van der Waals surface area contributed by atoms with E-state index in [1.807, 2.05) is 31.2 Å². The molecule has 4 nitrogen and oxygen atoms in total. The first-order valence-electron chi connectivity index (χ1n) is 6.43. The smallest absolute Gasteiger partial charge is 0.326 e. The van der Waals surface area contributed by atoms with E-state index in [2.05, 4.69) is 5.32 Å². The fraction of sp³-hybridized carbons (Fsp3) is 0.333. The Balaban J connectivity index is 2.32. The van der Waals surface area contributed by atoms with E-state index in [9.17, 15) is 9.59 Å². The van der Waals surface area contributed by atoms with Gasteiger partial charge in [0.2, 0.25) is 0 Å². The molecule has 20 heavy (non-hydrogen) atoms. The van der Waals surface area contributed by atoms with Crippen molar-refractivity contribution < 1.29 is 14.7 Å². The van der Waals surface area contributed by atoms with Gasteiger partial charge < -0.3 is 10.4 Å². The molecule has 0 unspecified atom stereocenters. The van der Waals surface area contributed by atoms with Gasteiger partial charge in [0.05, 0.1) is 4.88 Å². The number of aryl methyl sites for hydroxylation is 1. The van der Waals surface area contributed by atoms with Gasteiger partial charge in [-0.15, -0.1) is 11.3 Å². The largest absolute Gasteiger partial charge is 0.480 e. The van der Waals surface area contributed by atoms with Crippen molar-refractivity contribution in [1.29, 1.82) is 0 Å². The van der Waals surface area contributed by atoms with E-state index >= 15 is 0 Å². The Labute approximate surface area is 121 Å². The number of carbonyl (C=O) groups is 2. The van der Waals surface area contributed by atoms with Crippen LogP contribution in [0.2, 0.25) is 0 Å². The van der Waals surface area contributed by atoms with E-state index in [1.54, 1.807) is 13.8 Å². The molecule has 2 aromatic rings. The molecule has 5 heteroatoms. The highest BCUT2D eigenvalue weighted by Crippen LogP contribution is 2.30. The molecule has 0 radical (unpaired) electrons. The summed E-state index contributed by atoms with van der Waals surface area (Å²) in [6.45, 7) is 5.44. The molecule has 0 saturated heterocycles. The highest BCUT2D eigenvalue weighted by Gasteiger charge is 2.25. The summed E-state index contributed by atoms with van der Waals surface area (Å²) in [5, 5.41) is 12.8. The summed E-state index contributed by atoms with van der Waals surface area (Å²) >= 11 is 1.39. The van der Waals surface area contributed by atoms with Crippen LogP contribution >= 0.6 is 11.3 Å². The van der Waals surface area contributed by atoms with Crippen LogP contribution in [0.5, 0.6) is 0 Å².